The molecule has 0 aliphatic carbocycles. The lowest BCUT2D eigenvalue weighted by atomic mass is 10.2. The molecule has 1 heterocycles. The molecule has 0 fully saturated rings. The Bertz CT molecular complexity index is 249. The Labute approximate surface area is 63.4 Å². The molecule has 0 spiro atoms. The van der Waals surface area contributed by atoms with E-state index in [-0.39, 0.29) is 0 Å². The van der Waals surface area contributed by atoms with E-state index in [1.165, 1.54) is 0 Å². The Morgan fingerprint density at radius 2 is 1.83 bits per heavy atom. The van der Waals surface area contributed by atoms with Gasteiger partial charge >= 0.3 is 12.1 Å². The summed E-state index contributed by atoms with van der Waals surface area (Å²) in [5.41, 5.74) is -1.45. The van der Waals surface area contributed by atoms with Crippen LogP contribution in [0.5, 0.6) is 0 Å². The second-order valence-corrected chi connectivity index (χ2v) is 1.95. The van der Waals surface area contributed by atoms with E-state index in [0.717, 1.165) is 6.20 Å². The van der Waals surface area contributed by atoms with Gasteiger partial charge in [-0.3, -0.25) is 5.10 Å². The molecule has 2 nitrogen and oxygen atoms in total. The van der Waals surface area contributed by atoms with Crippen LogP contribution in [0, 0.1) is 6.07 Å². The average molecular weight is 185 g/mol. The molecule has 0 aromatic carbocycles. The highest BCUT2D eigenvalue weighted by atomic mass is 19.4. The van der Waals surface area contributed by atoms with Crippen molar-refractivity contribution in [2.45, 2.75) is 12.1 Å². The Kier molecular flexibility index (Phi) is 1.81. The van der Waals surface area contributed by atoms with Crippen molar-refractivity contribution in [1.82, 2.24) is 10.2 Å². The van der Waals surface area contributed by atoms with Crippen LogP contribution in [-0.4, -0.2) is 16.4 Å². The van der Waals surface area contributed by atoms with Crippen LogP contribution in [-0.2, 0) is 5.92 Å². The summed E-state index contributed by atoms with van der Waals surface area (Å²) in [6.07, 6.45) is -4.85. The van der Waals surface area contributed by atoms with Gasteiger partial charge in [0.25, 0.3) is 0 Å². The Balaban J connectivity index is 3.02. The Morgan fingerprint density at radius 3 is 2.17 bits per heavy atom. The largest absolute Gasteiger partial charge is 0.459 e. The van der Waals surface area contributed by atoms with Crippen molar-refractivity contribution in [3.8, 4) is 0 Å². The molecule has 12 heavy (non-hydrogen) atoms. The maximum atomic E-state index is 12.3. The molecule has 0 aliphatic heterocycles. The summed E-state index contributed by atoms with van der Waals surface area (Å²) < 4.78 is 59.2. The first kappa shape index (κ1) is 8.95. The van der Waals surface area contributed by atoms with Crippen molar-refractivity contribution >= 4 is 0 Å². The fourth-order valence-electron chi connectivity index (χ4n) is 0.525. The third-order valence-corrected chi connectivity index (χ3v) is 1.10. The zero-order chi connectivity index (χ0) is 9.41. The quantitative estimate of drug-likeness (QED) is 0.664. The molecule has 1 rings (SSSR count). The fourth-order valence-corrected chi connectivity index (χ4v) is 0.525. The van der Waals surface area contributed by atoms with E-state index < -0.39 is 17.8 Å². The predicted octanol–water partition coefficient (Wildman–Crippen LogP) is 1.86. The van der Waals surface area contributed by atoms with E-state index in [4.69, 9.17) is 0 Å². The van der Waals surface area contributed by atoms with Crippen molar-refractivity contribution in [2.75, 3.05) is 0 Å². The van der Waals surface area contributed by atoms with Gasteiger partial charge in [0.2, 0.25) is 0 Å². The highest BCUT2D eigenvalue weighted by Gasteiger charge is 2.60. The Morgan fingerprint density at radius 1 is 1.25 bits per heavy atom. The van der Waals surface area contributed by atoms with E-state index in [2.05, 4.69) is 5.10 Å². The van der Waals surface area contributed by atoms with Gasteiger partial charge < -0.3 is 0 Å². The number of H-pyrrole nitrogens is 1. The van der Waals surface area contributed by atoms with Crippen molar-refractivity contribution in [3.63, 3.8) is 0 Å². The first-order chi connectivity index (χ1) is 5.36. The number of halogens is 5. The minimum atomic E-state index is -5.63. The molecule has 67 valence electrons. The number of nitrogens with one attached hydrogen (secondary N) is 1. The number of hydrogen-bond donors (Lipinski definition) is 1. The Hall–Kier alpha value is -1.14. The van der Waals surface area contributed by atoms with E-state index in [9.17, 15) is 22.0 Å². The summed E-state index contributed by atoms with van der Waals surface area (Å²) in [7, 11) is 0. The van der Waals surface area contributed by atoms with Gasteiger partial charge in [0, 0.05) is 12.3 Å². The number of aromatic nitrogens is 2. The van der Waals surface area contributed by atoms with Crippen LogP contribution < -0.4 is 0 Å². The highest BCUT2D eigenvalue weighted by molar-refractivity contribution is 5.06. The van der Waals surface area contributed by atoms with E-state index in [1.54, 1.807) is 6.07 Å². The topological polar surface area (TPSA) is 28.7 Å². The zero-order valence-electron chi connectivity index (χ0n) is 5.41. The number of alkyl halides is 5. The summed E-state index contributed by atoms with van der Waals surface area (Å²) in [6.45, 7) is 0. The minimum Gasteiger partial charge on any atom is -0.285 e. The second kappa shape index (κ2) is 2.43. The maximum Gasteiger partial charge on any atom is 0.459 e. The van der Waals surface area contributed by atoms with E-state index >= 15 is 0 Å². The molecule has 7 heteroatoms. The third kappa shape index (κ3) is 1.26. The van der Waals surface area contributed by atoms with Gasteiger partial charge in [-0.15, -0.1) is 0 Å². The molecule has 1 N–H and O–H groups in total. The van der Waals surface area contributed by atoms with Gasteiger partial charge in [-0.25, -0.2) is 0 Å². The lowest BCUT2D eigenvalue weighted by Gasteiger charge is -2.16. The van der Waals surface area contributed by atoms with Crippen molar-refractivity contribution in [3.05, 3.63) is 18.0 Å². The van der Waals surface area contributed by atoms with Crippen molar-refractivity contribution < 1.29 is 22.0 Å². The first-order valence-electron chi connectivity index (χ1n) is 2.72. The zero-order valence-corrected chi connectivity index (χ0v) is 5.41. The summed E-state index contributed by atoms with van der Waals surface area (Å²) in [6, 6.07) is 1.65. The molecule has 0 saturated carbocycles. The van der Waals surface area contributed by atoms with Crippen LogP contribution in [0.2, 0.25) is 0 Å². The molecule has 0 unspecified atom stereocenters. The standard InChI is InChI=1S/C5H2F5N2/c6-4(7,5(8,9)10)3-1-2-11-12-3/h2H,(H,11,12). The predicted molar refractivity (Wildman–Crippen MR) is 27.4 cm³/mol. The maximum absolute atomic E-state index is 12.3. The van der Waals surface area contributed by atoms with Gasteiger partial charge in [0.05, 0.1) is 0 Å². The average Bonchev–Trinajstić information content (AvgIpc) is 2.34. The van der Waals surface area contributed by atoms with E-state index in [1.807, 2.05) is 5.10 Å². The lowest BCUT2D eigenvalue weighted by Crippen LogP contribution is -2.34. The normalized spacial score (nSPS) is 13.4. The summed E-state index contributed by atoms with van der Waals surface area (Å²) in [4.78, 5) is 0. The first-order valence-corrected chi connectivity index (χ1v) is 2.72. The SMILES string of the molecule is FC(F)(F)C(F)(F)c1[c]c[nH]n1. The smallest absolute Gasteiger partial charge is 0.285 e. The molecule has 0 atom stereocenters. The van der Waals surface area contributed by atoms with Gasteiger partial charge in [0.1, 0.15) is 5.69 Å². The lowest BCUT2D eigenvalue weighted by molar-refractivity contribution is -0.291. The van der Waals surface area contributed by atoms with Crippen LogP contribution >= 0.6 is 0 Å². The summed E-state index contributed by atoms with van der Waals surface area (Å²) >= 11 is 0. The monoisotopic (exact) mass is 185 g/mol. The fraction of sp³-hybridized carbons (Fsp3) is 0.400. The summed E-state index contributed by atoms with van der Waals surface area (Å²) in [5.74, 6) is -4.94. The van der Waals surface area contributed by atoms with Gasteiger partial charge in [-0.05, 0) is 0 Å². The molecular formula is C5H2F5N2. The second-order valence-electron chi connectivity index (χ2n) is 1.95. The van der Waals surface area contributed by atoms with Crippen molar-refractivity contribution in [1.29, 1.82) is 0 Å². The third-order valence-electron chi connectivity index (χ3n) is 1.10. The molecule has 0 saturated heterocycles. The molecule has 0 aliphatic rings. The number of hydrogen-bond acceptors (Lipinski definition) is 1. The number of aromatic amines is 1. The van der Waals surface area contributed by atoms with Gasteiger partial charge in [-0.1, -0.05) is 0 Å². The van der Waals surface area contributed by atoms with Gasteiger partial charge in [0.15, 0.2) is 0 Å². The minimum absolute atomic E-state index is 0.773. The number of nitrogens with zero attached hydrogens (tertiary/aromatic N) is 1. The van der Waals surface area contributed by atoms with Crippen LogP contribution in [0.15, 0.2) is 6.20 Å². The molecule has 0 bridgehead atoms. The van der Waals surface area contributed by atoms with Crippen molar-refractivity contribution in [2.24, 2.45) is 0 Å². The molecule has 1 aromatic heterocycles. The van der Waals surface area contributed by atoms with Crippen LogP contribution in [0.4, 0.5) is 22.0 Å². The van der Waals surface area contributed by atoms with Gasteiger partial charge in [-0.2, -0.15) is 27.1 Å². The molecule has 1 radical (unpaired) electrons. The molecule has 1 aromatic rings. The van der Waals surface area contributed by atoms with Crippen LogP contribution in [0.25, 0.3) is 0 Å². The molecule has 0 amide bonds. The van der Waals surface area contributed by atoms with Crippen LogP contribution in [0.3, 0.4) is 0 Å². The number of rotatable bonds is 1. The summed E-state index contributed by atoms with van der Waals surface area (Å²) in [5, 5.41) is 4.53. The van der Waals surface area contributed by atoms with E-state index in [0.29, 0.717) is 0 Å². The molecular weight excluding hydrogens is 183 g/mol. The van der Waals surface area contributed by atoms with Crippen LogP contribution in [0.1, 0.15) is 5.69 Å². The highest BCUT2D eigenvalue weighted by Crippen LogP contribution is 2.42.